The van der Waals surface area contributed by atoms with Crippen molar-refractivity contribution in [3.05, 3.63) is 129 Å². The number of Topliss-reactive ketones (excluding diaryl/α,β-unsaturated/α-hetero) is 2. The third-order valence-corrected chi connectivity index (χ3v) is 17.0. The van der Waals surface area contributed by atoms with Crippen molar-refractivity contribution in [2.45, 2.75) is 76.6 Å². The average Bonchev–Trinajstić information content (AvgIpc) is 3.62. The van der Waals surface area contributed by atoms with Crippen LogP contribution in [0.4, 0.5) is 15.9 Å². The Balaban J connectivity index is 1.32. The zero-order valence-electron chi connectivity index (χ0n) is 34.5. The first-order chi connectivity index (χ1) is 28.5. The number of rotatable bonds is 11. The first-order valence-electron chi connectivity index (χ1n) is 19.8. The average molecular weight is 852 g/mol. The molecular weight excluding hydrogens is 805 g/mol. The van der Waals surface area contributed by atoms with Crippen LogP contribution >= 0.6 is 11.6 Å². The normalized spacial score (nSPS) is 21.3. The molecule has 1 unspecified atom stereocenters. The van der Waals surface area contributed by atoms with Gasteiger partial charge in [0.25, 0.3) is 5.88 Å². The summed E-state index contributed by atoms with van der Waals surface area (Å²) < 4.78 is 42.5. The van der Waals surface area contributed by atoms with Gasteiger partial charge >= 0.3 is 0 Å². The van der Waals surface area contributed by atoms with Gasteiger partial charge in [-0.25, -0.2) is 14.4 Å². The van der Waals surface area contributed by atoms with Crippen molar-refractivity contribution in [3.8, 4) is 11.6 Å². The number of hydrogen-bond donors (Lipinski definition) is 2. The van der Waals surface area contributed by atoms with Crippen LogP contribution in [-0.2, 0) is 28.9 Å². The highest BCUT2D eigenvalue weighted by molar-refractivity contribution is 6.74. The van der Waals surface area contributed by atoms with Gasteiger partial charge in [-0.3, -0.25) is 14.5 Å². The van der Waals surface area contributed by atoms with E-state index in [4.69, 9.17) is 30.0 Å². The van der Waals surface area contributed by atoms with Gasteiger partial charge in [0.05, 0.1) is 17.3 Å². The van der Waals surface area contributed by atoms with Crippen molar-refractivity contribution in [1.82, 2.24) is 20.0 Å². The molecule has 312 valence electrons. The van der Waals surface area contributed by atoms with E-state index < -0.39 is 60.0 Å². The number of carbonyl (C=O) groups excluding carboxylic acids is 2. The van der Waals surface area contributed by atoms with E-state index in [9.17, 15) is 5.11 Å². The molecule has 3 aromatic carbocycles. The Morgan fingerprint density at radius 2 is 1.62 bits per heavy atom. The summed E-state index contributed by atoms with van der Waals surface area (Å²) in [6.07, 6.45) is 1.46. The number of aliphatic hydroxyl groups is 1. The van der Waals surface area contributed by atoms with Crippen LogP contribution in [-0.4, -0.2) is 64.7 Å². The van der Waals surface area contributed by atoms with Gasteiger partial charge in [-0.1, -0.05) is 93.0 Å². The number of nitrogens with zero attached hydrogens (tertiary/aromatic N) is 4. The molecule has 0 radical (unpaired) electrons. The molecule has 3 aliphatic carbocycles. The van der Waals surface area contributed by atoms with Gasteiger partial charge in [0.1, 0.15) is 47.7 Å². The van der Waals surface area contributed by atoms with Crippen molar-refractivity contribution in [3.63, 3.8) is 0 Å². The largest absolute Gasteiger partial charge is 0.507 e. The van der Waals surface area contributed by atoms with Crippen LogP contribution < -0.4 is 14.8 Å². The van der Waals surface area contributed by atoms with E-state index in [0.29, 0.717) is 0 Å². The summed E-state index contributed by atoms with van der Waals surface area (Å²) in [7, 11) is 0.683. The lowest BCUT2D eigenvalue weighted by Crippen LogP contribution is -2.68. The van der Waals surface area contributed by atoms with Crippen molar-refractivity contribution >= 4 is 48.7 Å². The highest BCUT2D eigenvalue weighted by Gasteiger charge is 2.69. The molecule has 0 bridgehead atoms. The monoisotopic (exact) mass is 851 g/mol. The Kier molecular flexibility index (Phi) is 10.7. The second-order valence-electron chi connectivity index (χ2n) is 17.4. The van der Waals surface area contributed by atoms with Crippen LogP contribution in [0.3, 0.4) is 0 Å². The van der Waals surface area contributed by atoms with Crippen LogP contribution in [0.25, 0.3) is 5.76 Å². The summed E-state index contributed by atoms with van der Waals surface area (Å²) in [4.78, 5) is 41.6. The number of fused-ring (bicyclic) bond motifs is 4. The van der Waals surface area contributed by atoms with Gasteiger partial charge in [0.15, 0.2) is 25.4 Å². The van der Waals surface area contributed by atoms with Gasteiger partial charge in [0.2, 0.25) is 11.6 Å². The molecule has 5 aromatic rings. The number of hydrogen-bond acceptors (Lipinski definition) is 12. The number of ketones is 2. The van der Waals surface area contributed by atoms with Gasteiger partial charge < -0.3 is 28.8 Å². The van der Waals surface area contributed by atoms with Gasteiger partial charge in [0, 0.05) is 29.2 Å². The van der Waals surface area contributed by atoms with Crippen LogP contribution in [0, 0.1) is 17.7 Å². The van der Waals surface area contributed by atoms with Crippen molar-refractivity contribution < 1.29 is 37.5 Å². The summed E-state index contributed by atoms with van der Waals surface area (Å²) >= 11 is 6.18. The summed E-state index contributed by atoms with van der Waals surface area (Å²) in [6, 6.07) is 20.9. The molecule has 3 aliphatic rings. The topological polar surface area (TPSA) is 149 Å². The fraction of sp³-hybridized carbons (Fsp3) is 0.356. The molecular formula is C45H47ClFN5O7Si. The fourth-order valence-electron chi connectivity index (χ4n) is 8.48. The van der Waals surface area contributed by atoms with Gasteiger partial charge in [-0.2, -0.15) is 0 Å². The molecule has 1 fully saturated rings. The predicted molar refractivity (Wildman–Crippen MR) is 226 cm³/mol. The molecule has 2 aromatic heterocycles. The van der Waals surface area contributed by atoms with Crippen LogP contribution in [0.15, 0.2) is 89.2 Å². The molecule has 0 spiro atoms. The summed E-state index contributed by atoms with van der Waals surface area (Å²) in [5, 5.41) is 19.7. The van der Waals surface area contributed by atoms with Crippen molar-refractivity contribution in [2.24, 2.45) is 11.8 Å². The number of anilines is 2. The standard InChI is InChI=1S/C45H47ClFN5O7Si/c1-44(2,3)60(6,7)59-45-29(37(52(4)5)40-36(42(45)55)43(51-58-40)57-23-26-16-12-9-13-17-26)19-27-18-28-30(47)20-31(50-33-21-32(46)48-24-49-33)39(35(28)38(53)34(27)41(45)54)56-22-25-14-10-8-11-15-25/h8-17,20-21,24,27,29,37,53H,18-19,22-23H2,1-7H3,(H,48,49,50)/t27-,29-,37-,45?/m0/s1. The maximum Gasteiger partial charge on any atom is 0.265 e. The summed E-state index contributed by atoms with van der Waals surface area (Å²) in [5.74, 6) is -3.42. The number of aromatic nitrogens is 3. The number of halogens is 2. The van der Waals surface area contributed by atoms with E-state index in [1.54, 1.807) is 0 Å². The minimum absolute atomic E-state index is 0.000853. The number of benzene rings is 3. The lowest BCUT2D eigenvalue weighted by molar-refractivity contribution is -0.140. The van der Waals surface area contributed by atoms with Crippen LogP contribution in [0.1, 0.15) is 71.6 Å². The lowest BCUT2D eigenvalue weighted by atomic mass is 9.57. The smallest absolute Gasteiger partial charge is 0.265 e. The van der Waals surface area contributed by atoms with E-state index in [1.807, 2.05) is 114 Å². The summed E-state index contributed by atoms with van der Waals surface area (Å²) in [5.41, 5.74) is -0.184. The van der Waals surface area contributed by atoms with Crippen molar-refractivity contribution in [1.29, 1.82) is 0 Å². The van der Waals surface area contributed by atoms with Crippen molar-refractivity contribution in [2.75, 3.05) is 19.4 Å². The lowest BCUT2D eigenvalue weighted by Gasteiger charge is -2.55. The number of nitrogens with one attached hydrogen (secondary N) is 1. The Morgan fingerprint density at radius 1 is 0.967 bits per heavy atom. The summed E-state index contributed by atoms with van der Waals surface area (Å²) in [6.45, 7) is 10.2. The number of ether oxygens (including phenoxy) is 2. The molecule has 12 nitrogen and oxygen atoms in total. The minimum Gasteiger partial charge on any atom is -0.507 e. The zero-order valence-corrected chi connectivity index (χ0v) is 36.3. The molecule has 4 atom stereocenters. The van der Waals surface area contributed by atoms with E-state index in [0.717, 1.165) is 11.1 Å². The SMILES string of the molecule is CN(C)[C@@H]1c2onc(OCc3ccccc3)c2C(=O)C2(O[Si](C)(C)C(C)(C)C)C(=O)C3=C(O)c4c(c(F)cc(Nc5cc(Cl)ncn5)c4OCc4ccccc4)C[C@H]3C[C@@H]12. The Hall–Kier alpha value is -5.41. The fourth-order valence-corrected chi connectivity index (χ4v) is 10.1. The second kappa shape index (κ2) is 15.6. The molecule has 2 N–H and O–H groups in total. The van der Waals surface area contributed by atoms with Crippen LogP contribution in [0.2, 0.25) is 23.3 Å². The third kappa shape index (κ3) is 7.08. The van der Waals surface area contributed by atoms with E-state index in [-0.39, 0.29) is 82.4 Å². The first kappa shape index (κ1) is 41.3. The molecule has 2 heterocycles. The first-order valence-corrected chi connectivity index (χ1v) is 23.1. The molecule has 1 saturated carbocycles. The molecule has 60 heavy (non-hydrogen) atoms. The van der Waals surface area contributed by atoms with Gasteiger partial charge in [-0.05, 0) is 67.3 Å². The van der Waals surface area contributed by atoms with E-state index in [2.05, 4.69) is 20.4 Å². The van der Waals surface area contributed by atoms with Gasteiger partial charge in [-0.15, -0.1) is 0 Å². The molecule has 8 rings (SSSR count). The van der Waals surface area contributed by atoms with E-state index >= 15 is 14.0 Å². The molecule has 0 aliphatic heterocycles. The molecule has 15 heteroatoms. The number of carbonyl (C=O) groups is 2. The quantitative estimate of drug-likeness (QED) is 0.0741. The number of aliphatic hydroxyl groups excluding tert-OH is 1. The highest BCUT2D eigenvalue weighted by atomic mass is 35.5. The zero-order chi connectivity index (χ0) is 42.7. The van der Waals surface area contributed by atoms with Crippen LogP contribution in [0.5, 0.6) is 11.6 Å². The Bertz CT molecular complexity index is 2510. The molecule has 0 saturated heterocycles. The molecule has 0 amide bonds. The van der Waals surface area contributed by atoms with E-state index in [1.165, 1.54) is 18.5 Å². The maximum absolute atomic E-state index is 16.6. The maximum atomic E-state index is 16.6. The Labute approximate surface area is 353 Å². The predicted octanol–water partition coefficient (Wildman–Crippen LogP) is 9.45. The minimum atomic E-state index is -3.00. The highest BCUT2D eigenvalue weighted by Crippen LogP contribution is 2.59. The Morgan fingerprint density at radius 3 is 2.23 bits per heavy atom. The third-order valence-electron chi connectivity index (χ3n) is 12.3. The second-order valence-corrected chi connectivity index (χ2v) is 22.5.